The molecule has 0 aromatic heterocycles. The van der Waals surface area contributed by atoms with Crippen LogP contribution in [0.3, 0.4) is 0 Å². The Morgan fingerprint density at radius 3 is 2.48 bits per heavy atom. The maximum atomic E-state index is 12.7. The van der Waals surface area contributed by atoms with Crippen LogP contribution in [0.5, 0.6) is 11.5 Å². The lowest BCUT2D eigenvalue weighted by Crippen LogP contribution is -2.52. The highest BCUT2D eigenvalue weighted by Gasteiger charge is 2.28. The van der Waals surface area contributed by atoms with Crippen LogP contribution in [0.4, 0.5) is 0 Å². The Morgan fingerprint density at radius 1 is 1.13 bits per heavy atom. The van der Waals surface area contributed by atoms with Crippen LogP contribution in [-0.2, 0) is 0 Å². The zero-order valence-electron chi connectivity index (χ0n) is 13.9. The van der Waals surface area contributed by atoms with Crippen molar-refractivity contribution in [3.05, 3.63) is 23.8 Å². The highest BCUT2D eigenvalue weighted by molar-refractivity contribution is 5.95. The van der Waals surface area contributed by atoms with Crippen molar-refractivity contribution < 1.29 is 14.3 Å². The van der Waals surface area contributed by atoms with Crippen LogP contribution < -0.4 is 14.8 Å². The largest absolute Gasteiger partial charge is 0.493 e. The standard InChI is InChI=1S/C17H25N3O3/c1-22-15-4-3-13(11-16(15)23-2)17(21)20-9-7-19(8-10-20)14-5-6-18-12-14/h3-4,11,14,18H,5-10,12H2,1-2H3. The number of hydrogen-bond donors (Lipinski definition) is 1. The normalized spacial score (nSPS) is 22.2. The molecule has 0 radical (unpaired) electrons. The van der Waals surface area contributed by atoms with Crippen LogP contribution in [-0.4, -0.2) is 75.2 Å². The predicted molar refractivity (Wildman–Crippen MR) is 88.3 cm³/mol. The molecular formula is C17H25N3O3. The second-order valence-electron chi connectivity index (χ2n) is 6.04. The van der Waals surface area contributed by atoms with Crippen LogP contribution in [0.1, 0.15) is 16.8 Å². The van der Waals surface area contributed by atoms with Gasteiger partial charge in [0.1, 0.15) is 0 Å². The zero-order valence-corrected chi connectivity index (χ0v) is 13.9. The Morgan fingerprint density at radius 2 is 1.87 bits per heavy atom. The second-order valence-corrected chi connectivity index (χ2v) is 6.04. The van der Waals surface area contributed by atoms with Gasteiger partial charge < -0.3 is 19.7 Å². The molecule has 6 nitrogen and oxygen atoms in total. The highest BCUT2D eigenvalue weighted by Crippen LogP contribution is 2.28. The quantitative estimate of drug-likeness (QED) is 0.891. The fourth-order valence-electron chi connectivity index (χ4n) is 3.39. The van der Waals surface area contributed by atoms with E-state index in [4.69, 9.17) is 9.47 Å². The number of benzene rings is 1. The molecule has 23 heavy (non-hydrogen) atoms. The van der Waals surface area contributed by atoms with Gasteiger partial charge in [0.2, 0.25) is 0 Å². The number of methoxy groups -OCH3 is 2. The van der Waals surface area contributed by atoms with E-state index in [1.54, 1.807) is 32.4 Å². The van der Waals surface area contributed by atoms with Gasteiger partial charge in [0.15, 0.2) is 11.5 Å². The van der Waals surface area contributed by atoms with Gasteiger partial charge in [-0.15, -0.1) is 0 Å². The summed E-state index contributed by atoms with van der Waals surface area (Å²) in [5.74, 6) is 1.30. The number of ether oxygens (including phenoxy) is 2. The predicted octanol–water partition coefficient (Wildman–Crippen LogP) is 0.824. The van der Waals surface area contributed by atoms with Gasteiger partial charge in [0, 0.05) is 44.3 Å². The van der Waals surface area contributed by atoms with E-state index in [-0.39, 0.29) is 5.91 Å². The van der Waals surface area contributed by atoms with Crippen LogP contribution >= 0.6 is 0 Å². The summed E-state index contributed by atoms with van der Waals surface area (Å²) in [7, 11) is 3.18. The fraction of sp³-hybridized carbons (Fsp3) is 0.588. The number of nitrogens with one attached hydrogen (secondary N) is 1. The number of hydrogen-bond acceptors (Lipinski definition) is 5. The van der Waals surface area contributed by atoms with Gasteiger partial charge in [-0.05, 0) is 31.2 Å². The van der Waals surface area contributed by atoms with Gasteiger partial charge in [0.05, 0.1) is 14.2 Å². The third kappa shape index (κ3) is 3.43. The molecule has 0 spiro atoms. The van der Waals surface area contributed by atoms with Crippen molar-refractivity contribution in [1.29, 1.82) is 0 Å². The minimum Gasteiger partial charge on any atom is -0.493 e. The van der Waals surface area contributed by atoms with Gasteiger partial charge in [-0.25, -0.2) is 0 Å². The van der Waals surface area contributed by atoms with Crippen molar-refractivity contribution in [3.63, 3.8) is 0 Å². The van der Waals surface area contributed by atoms with E-state index in [0.717, 1.165) is 39.3 Å². The monoisotopic (exact) mass is 319 g/mol. The third-order valence-corrected chi connectivity index (χ3v) is 4.78. The van der Waals surface area contributed by atoms with Crippen LogP contribution in [0.15, 0.2) is 18.2 Å². The molecule has 126 valence electrons. The van der Waals surface area contributed by atoms with Gasteiger partial charge in [-0.2, -0.15) is 0 Å². The second kappa shape index (κ2) is 7.19. The maximum Gasteiger partial charge on any atom is 0.254 e. The molecule has 1 amide bonds. The van der Waals surface area contributed by atoms with Gasteiger partial charge in [-0.1, -0.05) is 0 Å². The summed E-state index contributed by atoms with van der Waals surface area (Å²) in [4.78, 5) is 17.1. The minimum atomic E-state index is 0.0650. The lowest BCUT2D eigenvalue weighted by Gasteiger charge is -2.37. The van der Waals surface area contributed by atoms with E-state index in [1.165, 1.54) is 6.42 Å². The molecule has 0 bridgehead atoms. The molecule has 0 saturated carbocycles. The van der Waals surface area contributed by atoms with Gasteiger partial charge in [-0.3, -0.25) is 9.69 Å². The molecule has 2 heterocycles. The van der Waals surface area contributed by atoms with E-state index in [9.17, 15) is 4.79 Å². The SMILES string of the molecule is COc1ccc(C(=O)N2CCN(C3CCNC3)CC2)cc1OC. The Kier molecular flexibility index (Phi) is 5.03. The van der Waals surface area contributed by atoms with Crippen molar-refractivity contribution in [2.24, 2.45) is 0 Å². The van der Waals surface area contributed by atoms with E-state index >= 15 is 0 Å². The molecule has 2 aliphatic rings. The summed E-state index contributed by atoms with van der Waals surface area (Å²) in [5, 5.41) is 3.40. The lowest BCUT2D eigenvalue weighted by molar-refractivity contribution is 0.0583. The highest BCUT2D eigenvalue weighted by atomic mass is 16.5. The van der Waals surface area contributed by atoms with E-state index in [1.807, 2.05) is 4.90 Å². The minimum absolute atomic E-state index is 0.0650. The molecular weight excluding hydrogens is 294 g/mol. The maximum absolute atomic E-state index is 12.7. The molecule has 1 N–H and O–H groups in total. The Hall–Kier alpha value is -1.79. The summed E-state index contributed by atoms with van der Waals surface area (Å²) < 4.78 is 10.5. The van der Waals surface area contributed by atoms with Crippen molar-refractivity contribution in [2.45, 2.75) is 12.5 Å². The van der Waals surface area contributed by atoms with Crippen LogP contribution in [0, 0.1) is 0 Å². The summed E-state index contributed by atoms with van der Waals surface area (Å²) in [6, 6.07) is 5.98. The van der Waals surface area contributed by atoms with E-state index in [0.29, 0.717) is 23.1 Å². The molecule has 2 fully saturated rings. The average molecular weight is 319 g/mol. The van der Waals surface area contributed by atoms with E-state index in [2.05, 4.69) is 10.2 Å². The first kappa shape index (κ1) is 16.1. The molecule has 1 unspecified atom stereocenters. The van der Waals surface area contributed by atoms with Crippen molar-refractivity contribution in [2.75, 3.05) is 53.5 Å². The van der Waals surface area contributed by atoms with Crippen LogP contribution in [0.25, 0.3) is 0 Å². The molecule has 2 aliphatic heterocycles. The van der Waals surface area contributed by atoms with Gasteiger partial charge >= 0.3 is 0 Å². The summed E-state index contributed by atoms with van der Waals surface area (Å²) >= 11 is 0. The third-order valence-electron chi connectivity index (χ3n) is 4.78. The smallest absolute Gasteiger partial charge is 0.254 e. The number of nitrogens with zero attached hydrogens (tertiary/aromatic N) is 2. The number of rotatable bonds is 4. The lowest BCUT2D eigenvalue weighted by atomic mass is 10.1. The summed E-state index contributed by atoms with van der Waals surface area (Å²) in [6.07, 6.45) is 1.21. The molecule has 1 aromatic rings. The molecule has 3 rings (SSSR count). The summed E-state index contributed by atoms with van der Waals surface area (Å²) in [6.45, 7) is 5.64. The first-order valence-electron chi connectivity index (χ1n) is 8.19. The average Bonchev–Trinajstić information content (AvgIpc) is 3.15. The molecule has 1 aromatic carbocycles. The number of piperazine rings is 1. The van der Waals surface area contributed by atoms with Gasteiger partial charge in [0.25, 0.3) is 5.91 Å². The summed E-state index contributed by atoms with van der Waals surface area (Å²) in [5.41, 5.74) is 0.652. The molecule has 0 aliphatic carbocycles. The Labute approximate surface area is 137 Å². The fourth-order valence-corrected chi connectivity index (χ4v) is 3.39. The van der Waals surface area contributed by atoms with E-state index < -0.39 is 0 Å². The van der Waals surface area contributed by atoms with Crippen LogP contribution in [0.2, 0.25) is 0 Å². The first-order chi connectivity index (χ1) is 11.2. The topological polar surface area (TPSA) is 54.0 Å². The first-order valence-corrected chi connectivity index (χ1v) is 8.19. The molecule has 2 saturated heterocycles. The zero-order chi connectivity index (χ0) is 16.2. The molecule has 6 heteroatoms. The number of carbonyl (C=O) groups excluding carboxylic acids is 1. The number of amides is 1. The number of carbonyl (C=O) groups is 1. The molecule has 1 atom stereocenters. The van der Waals surface area contributed by atoms with Crippen molar-refractivity contribution in [3.8, 4) is 11.5 Å². The van der Waals surface area contributed by atoms with Crippen molar-refractivity contribution >= 4 is 5.91 Å². The van der Waals surface area contributed by atoms with Crippen molar-refractivity contribution in [1.82, 2.24) is 15.1 Å². The Bertz CT molecular complexity index is 550. The Balaban J connectivity index is 1.62.